The van der Waals surface area contributed by atoms with E-state index in [9.17, 15) is 0 Å². The van der Waals surface area contributed by atoms with Gasteiger partial charge in [0.15, 0.2) is 0 Å². The Kier molecular flexibility index (Phi) is 3.59. The number of piperazine rings is 1. The van der Waals surface area contributed by atoms with Gasteiger partial charge in [-0.25, -0.2) is 0 Å². The molecule has 3 rings (SSSR count). The van der Waals surface area contributed by atoms with Crippen molar-refractivity contribution >= 4 is 21.6 Å². The molecule has 0 spiro atoms. The average Bonchev–Trinajstić information content (AvgIpc) is 2.28. The third-order valence-electron chi connectivity index (χ3n) is 4.03. The first-order valence-electron chi connectivity index (χ1n) is 6.70. The zero-order valence-corrected chi connectivity index (χ0v) is 12.4. The number of rotatable bonds is 2. The van der Waals surface area contributed by atoms with Gasteiger partial charge in [0.05, 0.1) is 5.69 Å². The second kappa shape index (κ2) is 5.19. The van der Waals surface area contributed by atoms with Gasteiger partial charge in [0.25, 0.3) is 0 Å². The topological polar surface area (TPSA) is 18.5 Å². The molecule has 18 heavy (non-hydrogen) atoms. The molecule has 0 saturated carbocycles. The fourth-order valence-corrected chi connectivity index (χ4v) is 3.47. The zero-order chi connectivity index (χ0) is 12.5. The summed E-state index contributed by atoms with van der Waals surface area (Å²) in [7, 11) is 0. The van der Waals surface area contributed by atoms with Crippen LogP contribution in [0.3, 0.4) is 0 Å². The first kappa shape index (κ1) is 12.5. The number of anilines is 1. The SMILES string of the molecule is Cc1ccc(N2CCN(C3CNC3)CC2)c(Br)c1. The maximum Gasteiger partial charge on any atom is 0.0511 e. The predicted molar refractivity (Wildman–Crippen MR) is 79.3 cm³/mol. The van der Waals surface area contributed by atoms with E-state index in [0.717, 1.165) is 19.1 Å². The second-order valence-corrected chi connectivity index (χ2v) is 6.14. The molecule has 0 aromatic heterocycles. The van der Waals surface area contributed by atoms with Crippen molar-refractivity contribution in [1.29, 1.82) is 0 Å². The van der Waals surface area contributed by atoms with Crippen molar-refractivity contribution < 1.29 is 0 Å². The average molecular weight is 310 g/mol. The van der Waals surface area contributed by atoms with Crippen molar-refractivity contribution in [2.24, 2.45) is 0 Å². The van der Waals surface area contributed by atoms with Crippen LogP contribution in [0.25, 0.3) is 0 Å². The van der Waals surface area contributed by atoms with Crippen molar-refractivity contribution in [1.82, 2.24) is 10.2 Å². The quantitative estimate of drug-likeness (QED) is 0.899. The van der Waals surface area contributed by atoms with Gasteiger partial charge in [0, 0.05) is 49.8 Å². The summed E-state index contributed by atoms with van der Waals surface area (Å²) in [5.41, 5.74) is 2.65. The second-order valence-electron chi connectivity index (χ2n) is 5.29. The summed E-state index contributed by atoms with van der Waals surface area (Å²) >= 11 is 3.69. The number of nitrogens with one attached hydrogen (secondary N) is 1. The van der Waals surface area contributed by atoms with Gasteiger partial charge in [-0.2, -0.15) is 0 Å². The van der Waals surface area contributed by atoms with Crippen LogP contribution >= 0.6 is 15.9 Å². The van der Waals surface area contributed by atoms with Crippen LogP contribution < -0.4 is 10.2 Å². The molecule has 0 bridgehead atoms. The smallest absolute Gasteiger partial charge is 0.0511 e. The summed E-state index contributed by atoms with van der Waals surface area (Å²) in [6, 6.07) is 7.42. The predicted octanol–water partition coefficient (Wildman–Crippen LogP) is 1.85. The lowest BCUT2D eigenvalue weighted by atomic mass is 10.1. The largest absolute Gasteiger partial charge is 0.368 e. The highest BCUT2D eigenvalue weighted by molar-refractivity contribution is 9.10. The first-order chi connectivity index (χ1) is 8.74. The highest BCUT2D eigenvalue weighted by Gasteiger charge is 2.28. The normalized spacial score (nSPS) is 22.0. The molecule has 1 aromatic carbocycles. The minimum Gasteiger partial charge on any atom is -0.368 e. The summed E-state index contributed by atoms with van der Waals surface area (Å²) < 4.78 is 1.22. The van der Waals surface area contributed by atoms with Crippen molar-refractivity contribution in [2.75, 3.05) is 44.2 Å². The summed E-state index contributed by atoms with van der Waals surface area (Å²) in [5.74, 6) is 0. The number of nitrogens with zero attached hydrogens (tertiary/aromatic N) is 2. The molecule has 0 atom stereocenters. The van der Waals surface area contributed by atoms with Crippen molar-refractivity contribution in [3.8, 4) is 0 Å². The Labute approximate surface area is 117 Å². The van der Waals surface area contributed by atoms with Crippen LogP contribution in [-0.4, -0.2) is 50.2 Å². The highest BCUT2D eigenvalue weighted by Crippen LogP contribution is 2.28. The Morgan fingerprint density at radius 3 is 2.44 bits per heavy atom. The summed E-state index contributed by atoms with van der Waals surface area (Å²) in [4.78, 5) is 5.11. The highest BCUT2D eigenvalue weighted by atomic mass is 79.9. The van der Waals surface area contributed by atoms with Crippen LogP contribution in [0.5, 0.6) is 0 Å². The Hall–Kier alpha value is -0.580. The zero-order valence-electron chi connectivity index (χ0n) is 10.8. The number of hydrogen-bond acceptors (Lipinski definition) is 3. The van der Waals surface area contributed by atoms with Gasteiger partial charge in [-0.15, -0.1) is 0 Å². The molecule has 3 nitrogen and oxygen atoms in total. The van der Waals surface area contributed by atoms with Crippen LogP contribution in [0.4, 0.5) is 5.69 Å². The molecule has 2 heterocycles. The lowest BCUT2D eigenvalue weighted by Gasteiger charge is -2.44. The van der Waals surface area contributed by atoms with Gasteiger partial charge < -0.3 is 10.2 Å². The molecule has 1 aromatic rings. The van der Waals surface area contributed by atoms with Crippen LogP contribution in [0, 0.1) is 6.92 Å². The van der Waals surface area contributed by atoms with Crippen molar-refractivity contribution in [3.05, 3.63) is 28.2 Å². The van der Waals surface area contributed by atoms with E-state index in [1.807, 2.05) is 0 Å². The molecule has 2 aliphatic rings. The van der Waals surface area contributed by atoms with Crippen LogP contribution in [0.15, 0.2) is 22.7 Å². The van der Waals surface area contributed by atoms with E-state index >= 15 is 0 Å². The van der Waals surface area contributed by atoms with Crippen LogP contribution in [0.1, 0.15) is 5.56 Å². The fourth-order valence-electron chi connectivity index (χ4n) is 2.73. The maximum absolute atomic E-state index is 3.69. The number of hydrogen-bond donors (Lipinski definition) is 1. The van der Waals surface area contributed by atoms with Gasteiger partial charge in [0.2, 0.25) is 0 Å². The van der Waals surface area contributed by atoms with Crippen molar-refractivity contribution in [3.63, 3.8) is 0 Å². The van der Waals surface area contributed by atoms with E-state index < -0.39 is 0 Å². The molecule has 98 valence electrons. The van der Waals surface area contributed by atoms with E-state index in [1.165, 1.54) is 41.9 Å². The lowest BCUT2D eigenvalue weighted by Crippen LogP contribution is -2.61. The van der Waals surface area contributed by atoms with E-state index in [2.05, 4.69) is 56.2 Å². The van der Waals surface area contributed by atoms with Gasteiger partial charge >= 0.3 is 0 Å². The van der Waals surface area contributed by atoms with Gasteiger partial charge in [0.1, 0.15) is 0 Å². The van der Waals surface area contributed by atoms with Gasteiger partial charge in [-0.3, -0.25) is 4.90 Å². The van der Waals surface area contributed by atoms with E-state index in [4.69, 9.17) is 0 Å². The number of aryl methyl sites for hydroxylation is 1. The first-order valence-corrected chi connectivity index (χ1v) is 7.49. The molecule has 0 unspecified atom stereocenters. The molecular formula is C14H20BrN3. The minimum atomic E-state index is 0.786. The van der Waals surface area contributed by atoms with Crippen LogP contribution in [0.2, 0.25) is 0 Å². The molecule has 2 fully saturated rings. The van der Waals surface area contributed by atoms with Gasteiger partial charge in [-0.1, -0.05) is 6.07 Å². The number of benzene rings is 1. The fraction of sp³-hybridized carbons (Fsp3) is 0.571. The molecule has 0 aliphatic carbocycles. The lowest BCUT2D eigenvalue weighted by molar-refractivity contribution is 0.138. The van der Waals surface area contributed by atoms with Gasteiger partial charge in [-0.05, 0) is 40.5 Å². The summed E-state index contributed by atoms with van der Waals surface area (Å²) in [5, 5.41) is 3.35. The summed E-state index contributed by atoms with van der Waals surface area (Å²) in [6.07, 6.45) is 0. The monoisotopic (exact) mass is 309 g/mol. The standard InChI is InChI=1S/C14H20BrN3/c1-11-2-3-14(13(15)8-11)18-6-4-17(5-7-18)12-9-16-10-12/h2-3,8,12,16H,4-7,9-10H2,1H3. The molecule has 1 N–H and O–H groups in total. The van der Waals surface area contributed by atoms with Crippen LogP contribution in [-0.2, 0) is 0 Å². The number of halogens is 1. The molecule has 2 saturated heterocycles. The Morgan fingerprint density at radius 2 is 1.89 bits per heavy atom. The summed E-state index contributed by atoms with van der Waals surface area (Å²) in [6.45, 7) is 9.13. The molecule has 0 radical (unpaired) electrons. The Balaban J connectivity index is 1.64. The molecule has 4 heteroatoms. The molecule has 0 amide bonds. The van der Waals surface area contributed by atoms with Crippen molar-refractivity contribution in [2.45, 2.75) is 13.0 Å². The minimum absolute atomic E-state index is 0.786. The Bertz CT molecular complexity index is 423. The van der Waals surface area contributed by atoms with E-state index in [0.29, 0.717) is 0 Å². The van der Waals surface area contributed by atoms with E-state index in [1.54, 1.807) is 0 Å². The molecular weight excluding hydrogens is 290 g/mol. The Morgan fingerprint density at radius 1 is 1.17 bits per heavy atom. The third kappa shape index (κ3) is 2.42. The molecule has 2 aliphatic heterocycles. The van der Waals surface area contributed by atoms with E-state index in [-0.39, 0.29) is 0 Å². The third-order valence-corrected chi connectivity index (χ3v) is 4.67. The maximum atomic E-state index is 3.69.